The summed E-state index contributed by atoms with van der Waals surface area (Å²) < 4.78 is 0. The van der Waals surface area contributed by atoms with Gasteiger partial charge in [-0.15, -0.1) is 0 Å². The quantitative estimate of drug-likeness (QED) is 0.392. The Morgan fingerprint density at radius 2 is 1.94 bits per heavy atom. The molecule has 9 nitrogen and oxygen atoms in total. The summed E-state index contributed by atoms with van der Waals surface area (Å²) in [5, 5.41) is 20.4. The average molecular weight is 429 g/mol. The molecule has 0 radical (unpaired) electrons. The highest BCUT2D eigenvalue weighted by molar-refractivity contribution is 6.11. The molecule has 0 saturated carbocycles. The van der Waals surface area contributed by atoms with E-state index in [9.17, 15) is 9.90 Å². The monoisotopic (exact) mass is 429 g/mol. The van der Waals surface area contributed by atoms with Crippen LogP contribution in [0.2, 0.25) is 0 Å². The number of amides is 1. The molecule has 5 rings (SSSR count). The number of pyridine rings is 2. The van der Waals surface area contributed by atoms with Crippen LogP contribution in [-0.4, -0.2) is 50.4 Å². The fourth-order valence-corrected chi connectivity index (χ4v) is 3.91. The normalized spacial score (nSPS) is 14.6. The van der Waals surface area contributed by atoms with Crippen molar-refractivity contribution in [2.45, 2.75) is 18.9 Å². The van der Waals surface area contributed by atoms with Crippen LogP contribution in [0.15, 0.2) is 55.0 Å². The molecule has 5 N–H and O–H groups in total. The summed E-state index contributed by atoms with van der Waals surface area (Å²) in [5.41, 5.74) is 9.83. The molecule has 0 atom stereocenters. The number of rotatable bonds is 4. The van der Waals surface area contributed by atoms with E-state index in [1.54, 1.807) is 18.6 Å². The molecule has 1 fully saturated rings. The molecule has 0 spiro atoms. The molecule has 0 bridgehead atoms. The molecule has 1 saturated heterocycles. The van der Waals surface area contributed by atoms with Crippen LogP contribution in [0.3, 0.4) is 0 Å². The minimum absolute atomic E-state index is 0.232. The molecule has 4 aromatic rings. The third-order valence-corrected chi connectivity index (χ3v) is 5.66. The Morgan fingerprint density at radius 1 is 1.09 bits per heavy atom. The number of piperidine rings is 1. The molecule has 9 heteroatoms. The van der Waals surface area contributed by atoms with Crippen LogP contribution >= 0.6 is 0 Å². The zero-order chi connectivity index (χ0) is 22.1. The smallest absolute Gasteiger partial charge is 0.276 e. The number of anilines is 3. The Bertz CT molecular complexity index is 1260. The third kappa shape index (κ3) is 3.97. The zero-order valence-corrected chi connectivity index (χ0v) is 17.3. The van der Waals surface area contributed by atoms with Gasteiger partial charge in [0, 0.05) is 36.4 Å². The summed E-state index contributed by atoms with van der Waals surface area (Å²) >= 11 is 0. The number of nitrogens with one attached hydrogen (secondary N) is 2. The number of hydrogen-bond acceptors (Lipinski definition) is 7. The molecular weight excluding hydrogens is 406 g/mol. The van der Waals surface area contributed by atoms with Crippen LogP contribution in [0.25, 0.3) is 22.0 Å². The Balaban J connectivity index is 1.35. The number of carbonyl (C=O) groups excluding carboxylic acids is 1. The molecule has 32 heavy (non-hydrogen) atoms. The van der Waals surface area contributed by atoms with E-state index >= 15 is 0 Å². The second-order valence-electron chi connectivity index (χ2n) is 7.92. The van der Waals surface area contributed by atoms with E-state index in [2.05, 4.69) is 30.4 Å². The summed E-state index contributed by atoms with van der Waals surface area (Å²) in [5.74, 6) is 0.509. The lowest BCUT2D eigenvalue weighted by Crippen LogP contribution is -2.36. The van der Waals surface area contributed by atoms with Crippen LogP contribution in [0.5, 0.6) is 0 Å². The number of aliphatic hydroxyl groups excluding tert-OH is 1. The number of fused-ring (bicyclic) bond motifs is 1. The molecule has 1 amide bonds. The van der Waals surface area contributed by atoms with Gasteiger partial charge in [0.1, 0.15) is 5.82 Å². The van der Waals surface area contributed by atoms with Crippen LogP contribution in [-0.2, 0) is 0 Å². The first kappa shape index (κ1) is 20.0. The topological polar surface area (TPSA) is 133 Å². The summed E-state index contributed by atoms with van der Waals surface area (Å²) in [6, 6.07) is 11.2. The van der Waals surface area contributed by atoms with Gasteiger partial charge in [0.05, 0.1) is 29.2 Å². The molecule has 3 aromatic heterocycles. The van der Waals surface area contributed by atoms with Crippen molar-refractivity contribution in [3.63, 3.8) is 0 Å². The Labute approximate surface area is 184 Å². The highest BCUT2D eigenvalue weighted by Gasteiger charge is 2.19. The predicted molar refractivity (Wildman–Crippen MR) is 123 cm³/mol. The molecule has 0 unspecified atom stereocenters. The van der Waals surface area contributed by atoms with Gasteiger partial charge in [0.2, 0.25) is 0 Å². The van der Waals surface area contributed by atoms with Crippen molar-refractivity contribution in [2.75, 3.05) is 29.0 Å². The largest absolute Gasteiger partial charge is 0.397 e. The lowest BCUT2D eigenvalue weighted by Gasteiger charge is -2.30. The van der Waals surface area contributed by atoms with E-state index in [1.807, 2.05) is 36.4 Å². The van der Waals surface area contributed by atoms with E-state index in [1.165, 1.54) is 0 Å². The number of H-pyrrole nitrogens is 1. The summed E-state index contributed by atoms with van der Waals surface area (Å²) in [6.07, 6.45) is 6.20. The van der Waals surface area contributed by atoms with Gasteiger partial charge >= 0.3 is 0 Å². The van der Waals surface area contributed by atoms with Crippen LogP contribution in [0, 0.1) is 0 Å². The van der Waals surface area contributed by atoms with E-state index < -0.39 is 0 Å². The fourth-order valence-electron chi connectivity index (χ4n) is 3.91. The number of aliphatic hydroxyl groups is 1. The van der Waals surface area contributed by atoms with Crippen LogP contribution in [0.1, 0.15) is 23.3 Å². The first-order valence-corrected chi connectivity index (χ1v) is 10.5. The SMILES string of the molecule is Nc1cncc(-c2ccc3[nH]nc(C(=O)Nc4ccc(N5CCC(O)CC5)nc4)c3c2)c1. The molecule has 0 aliphatic carbocycles. The van der Waals surface area contributed by atoms with Gasteiger partial charge in [-0.05, 0) is 48.7 Å². The van der Waals surface area contributed by atoms with Gasteiger partial charge in [0.25, 0.3) is 5.91 Å². The van der Waals surface area contributed by atoms with Gasteiger partial charge in [-0.1, -0.05) is 6.07 Å². The summed E-state index contributed by atoms with van der Waals surface area (Å²) in [6.45, 7) is 1.54. The standard InChI is InChI=1S/C23H23N7O2/c24-16-9-15(11-25-12-16)14-1-3-20-19(10-14)22(29-28-20)23(32)27-17-2-4-21(26-13-17)30-7-5-18(31)6-8-30/h1-4,9-13,18,31H,5-8,24H2,(H,27,32)(H,28,29). The maximum absolute atomic E-state index is 12.9. The molecule has 1 aromatic carbocycles. The van der Waals surface area contributed by atoms with Gasteiger partial charge in [-0.3, -0.25) is 14.9 Å². The molecule has 1 aliphatic rings. The maximum atomic E-state index is 12.9. The zero-order valence-electron chi connectivity index (χ0n) is 17.3. The van der Waals surface area contributed by atoms with Gasteiger partial charge in [0.15, 0.2) is 5.69 Å². The predicted octanol–water partition coefficient (Wildman–Crippen LogP) is 2.82. The van der Waals surface area contributed by atoms with E-state index in [4.69, 9.17) is 5.73 Å². The Morgan fingerprint density at radius 3 is 2.69 bits per heavy atom. The van der Waals surface area contributed by atoms with Crippen molar-refractivity contribution < 1.29 is 9.90 Å². The van der Waals surface area contributed by atoms with Crippen molar-refractivity contribution in [1.29, 1.82) is 0 Å². The number of aromatic amines is 1. The van der Waals surface area contributed by atoms with E-state index in [-0.39, 0.29) is 12.0 Å². The van der Waals surface area contributed by atoms with Crippen molar-refractivity contribution in [3.8, 4) is 11.1 Å². The van der Waals surface area contributed by atoms with Gasteiger partial charge < -0.3 is 21.1 Å². The number of hydrogen-bond donors (Lipinski definition) is 4. The maximum Gasteiger partial charge on any atom is 0.276 e. The van der Waals surface area contributed by atoms with Crippen molar-refractivity contribution in [1.82, 2.24) is 20.2 Å². The molecule has 4 heterocycles. The van der Waals surface area contributed by atoms with Crippen LogP contribution in [0.4, 0.5) is 17.2 Å². The summed E-state index contributed by atoms with van der Waals surface area (Å²) in [7, 11) is 0. The van der Waals surface area contributed by atoms with E-state index in [0.717, 1.165) is 48.4 Å². The number of nitrogens with two attached hydrogens (primary N) is 1. The highest BCUT2D eigenvalue weighted by Crippen LogP contribution is 2.26. The summed E-state index contributed by atoms with van der Waals surface area (Å²) in [4.78, 5) is 23.7. The minimum Gasteiger partial charge on any atom is -0.397 e. The minimum atomic E-state index is -0.324. The first-order chi connectivity index (χ1) is 15.6. The fraction of sp³-hybridized carbons (Fsp3) is 0.217. The van der Waals surface area contributed by atoms with Crippen LogP contribution < -0.4 is 16.0 Å². The number of aromatic nitrogens is 4. The van der Waals surface area contributed by atoms with Crippen molar-refractivity contribution >= 4 is 34.0 Å². The van der Waals surface area contributed by atoms with Gasteiger partial charge in [-0.25, -0.2) is 4.98 Å². The lowest BCUT2D eigenvalue weighted by atomic mass is 10.0. The van der Waals surface area contributed by atoms with E-state index in [0.29, 0.717) is 22.5 Å². The average Bonchev–Trinajstić information content (AvgIpc) is 3.24. The van der Waals surface area contributed by atoms with Gasteiger partial charge in [-0.2, -0.15) is 5.10 Å². The number of benzene rings is 1. The second kappa shape index (κ2) is 8.27. The molecule has 162 valence electrons. The molecular formula is C23H23N7O2. The Kier molecular flexibility index (Phi) is 5.16. The lowest BCUT2D eigenvalue weighted by molar-refractivity contribution is 0.102. The number of nitrogen functional groups attached to an aromatic ring is 1. The number of nitrogens with zero attached hydrogens (tertiary/aromatic N) is 4. The number of carbonyl (C=O) groups is 1. The van der Waals surface area contributed by atoms with Crippen molar-refractivity contribution in [2.24, 2.45) is 0 Å². The molecule has 1 aliphatic heterocycles. The van der Waals surface area contributed by atoms with Crippen molar-refractivity contribution in [3.05, 3.63) is 60.7 Å². The third-order valence-electron chi connectivity index (χ3n) is 5.66. The first-order valence-electron chi connectivity index (χ1n) is 10.5. The Hall–Kier alpha value is -3.98. The second-order valence-corrected chi connectivity index (χ2v) is 7.92. The highest BCUT2D eigenvalue weighted by atomic mass is 16.3.